The Kier molecular flexibility index (Phi) is 5.09. The average molecular weight is 346 g/mol. The number of nitrogens with zero attached hydrogens (tertiary/aromatic N) is 6. The molecule has 0 aliphatic heterocycles. The molecule has 0 aliphatic rings. The average Bonchev–Trinajstić information content (AvgIpc) is 3.21. The first-order valence-electron chi connectivity index (χ1n) is 7.53. The molecule has 0 N–H and O–H groups in total. The Morgan fingerprint density at radius 2 is 2.12 bits per heavy atom. The van der Waals surface area contributed by atoms with Crippen LogP contribution >= 0.6 is 11.8 Å². The molecule has 3 aromatic rings. The molecule has 2 aromatic heterocycles. The zero-order chi connectivity index (χ0) is 16.9. The SMILES string of the molecule is COc1ccccc1-n1nnnc1SCc1nc(CC(C)C)no1. The van der Waals surface area contributed by atoms with Crippen molar-refractivity contribution in [3.8, 4) is 11.4 Å². The number of aromatic nitrogens is 6. The van der Waals surface area contributed by atoms with Gasteiger partial charge in [-0.25, -0.2) is 0 Å². The molecular formula is C15H18N6O2S. The second-order valence-electron chi connectivity index (χ2n) is 5.54. The predicted octanol–water partition coefficient (Wildman–Crippen LogP) is 2.54. The molecule has 0 spiro atoms. The van der Waals surface area contributed by atoms with E-state index in [2.05, 4.69) is 39.5 Å². The Morgan fingerprint density at radius 1 is 1.29 bits per heavy atom. The number of rotatable bonds is 7. The molecule has 0 radical (unpaired) electrons. The van der Waals surface area contributed by atoms with E-state index in [4.69, 9.17) is 9.26 Å². The molecule has 0 saturated carbocycles. The van der Waals surface area contributed by atoms with E-state index in [0.29, 0.717) is 28.5 Å². The molecule has 24 heavy (non-hydrogen) atoms. The van der Waals surface area contributed by atoms with Gasteiger partial charge in [0.1, 0.15) is 11.4 Å². The summed E-state index contributed by atoms with van der Waals surface area (Å²) in [5, 5.41) is 16.5. The Hall–Kier alpha value is -2.42. The van der Waals surface area contributed by atoms with Crippen LogP contribution in [0.4, 0.5) is 0 Å². The lowest BCUT2D eigenvalue weighted by molar-refractivity contribution is 0.382. The fraction of sp³-hybridized carbons (Fsp3) is 0.400. The highest BCUT2D eigenvalue weighted by Gasteiger charge is 2.15. The maximum Gasteiger partial charge on any atom is 0.237 e. The molecule has 0 unspecified atom stereocenters. The lowest BCUT2D eigenvalue weighted by Gasteiger charge is -2.08. The summed E-state index contributed by atoms with van der Waals surface area (Å²) in [4.78, 5) is 4.38. The van der Waals surface area contributed by atoms with Crippen molar-refractivity contribution < 1.29 is 9.26 Å². The fourth-order valence-electron chi connectivity index (χ4n) is 2.15. The Bertz CT molecular complexity index is 801. The monoisotopic (exact) mass is 346 g/mol. The molecule has 0 atom stereocenters. The summed E-state index contributed by atoms with van der Waals surface area (Å²) < 4.78 is 12.3. The summed E-state index contributed by atoms with van der Waals surface area (Å²) in [6.45, 7) is 4.23. The van der Waals surface area contributed by atoms with Crippen molar-refractivity contribution in [2.24, 2.45) is 5.92 Å². The van der Waals surface area contributed by atoms with Crippen LogP contribution in [0.25, 0.3) is 5.69 Å². The number of tetrazole rings is 1. The molecular weight excluding hydrogens is 328 g/mol. The van der Waals surface area contributed by atoms with E-state index in [1.807, 2.05) is 24.3 Å². The maximum absolute atomic E-state index is 5.36. The van der Waals surface area contributed by atoms with Crippen molar-refractivity contribution in [3.05, 3.63) is 36.0 Å². The van der Waals surface area contributed by atoms with Gasteiger partial charge in [-0.1, -0.05) is 42.9 Å². The van der Waals surface area contributed by atoms with E-state index in [9.17, 15) is 0 Å². The number of para-hydroxylation sites is 2. The van der Waals surface area contributed by atoms with E-state index in [1.165, 1.54) is 11.8 Å². The molecule has 1 aromatic carbocycles. The summed E-state index contributed by atoms with van der Waals surface area (Å²) in [5.74, 6) is 2.97. The van der Waals surface area contributed by atoms with Gasteiger partial charge in [0.05, 0.1) is 12.9 Å². The summed E-state index contributed by atoms with van der Waals surface area (Å²) in [6, 6.07) is 7.56. The number of ether oxygens (including phenoxy) is 1. The molecule has 126 valence electrons. The van der Waals surface area contributed by atoms with Gasteiger partial charge in [0, 0.05) is 6.42 Å². The van der Waals surface area contributed by atoms with Gasteiger partial charge in [0.15, 0.2) is 5.82 Å². The van der Waals surface area contributed by atoms with Crippen LogP contribution in [0.3, 0.4) is 0 Å². The Labute approximate surface area is 143 Å². The van der Waals surface area contributed by atoms with Gasteiger partial charge < -0.3 is 9.26 Å². The van der Waals surface area contributed by atoms with Crippen LogP contribution in [-0.4, -0.2) is 37.5 Å². The highest BCUT2D eigenvalue weighted by atomic mass is 32.2. The number of hydrogen-bond donors (Lipinski definition) is 0. The first-order valence-corrected chi connectivity index (χ1v) is 8.52. The molecule has 8 nitrogen and oxygen atoms in total. The number of hydrogen-bond acceptors (Lipinski definition) is 8. The fourth-order valence-corrected chi connectivity index (χ4v) is 2.87. The molecule has 2 heterocycles. The van der Waals surface area contributed by atoms with Crippen LogP contribution in [0.5, 0.6) is 5.75 Å². The molecule has 0 fully saturated rings. The van der Waals surface area contributed by atoms with Crippen LogP contribution in [0.2, 0.25) is 0 Å². The summed E-state index contributed by atoms with van der Waals surface area (Å²) >= 11 is 1.43. The van der Waals surface area contributed by atoms with Gasteiger partial charge in [-0.3, -0.25) is 0 Å². The quantitative estimate of drug-likeness (QED) is 0.603. The minimum atomic E-state index is 0.487. The van der Waals surface area contributed by atoms with E-state index in [-0.39, 0.29) is 0 Å². The summed E-state index contributed by atoms with van der Waals surface area (Å²) in [6.07, 6.45) is 0.799. The van der Waals surface area contributed by atoms with Crippen molar-refractivity contribution >= 4 is 11.8 Å². The van der Waals surface area contributed by atoms with Crippen molar-refractivity contribution in [2.45, 2.75) is 31.2 Å². The van der Waals surface area contributed by atoms with E-state index >= 15 is 0 Å². The Morgan fingerprint density at radius 3 is 2.92 bits per heavy atom. The maximum atomic E-state index is 5.36. The van der Waals surface area contributed by atoms with E-state index < -0.39 is 0 Å². The number of thioether (sulfide) groups is 1. The van der Waals surface area contributed by atoms with Crippen LogP contribution in [0.15, 0.2) is 33.9 Å². The smallest absolute Gasteiger partial charge is 0.237 e. The second kappa shape index (κ2) is 7.43. The zero-order valence-corrected chi connectivity index (χ0v) is 14.5. The minimum absolute atomic E-state index is 0.487. The van der Waals surface area contributed by atoms with Gasteiger partial charge >= 0.3 is 0 Å². The van der Waals surface area contributed by atoms with Gasteiger partial charge in [-0.05, 0) is 28.5 Å². The molecule has 0 bridgehead atoms. The van der Waals surface area contributed by atoms with Gasteiger partial charge in [-0.2, -0.15) is 9.67 Å². The van der Waals surface area contributed by atoms with Crippen LogP contribution in [-0.2, 0) is 12.2 Å². The standard InChI is InChI=1S/C15H18N6O2S/c1-10(2)8-13-16-14(23-18-13)9-24-15-17-19-20-21(15)11-6-4-5-7-12(11)22-3/h4-7,10H,8-9H2,1-3H3. The van der Waals surface area contributed by atoms with Gasteiger partial charge in [0.2, 0.25) is 11.0 Å². The lowest BCUT2D eigenvalue weighted by atomic mass is 10.1. The van der Waals surface area contributed by atoms with Crippen molar-refractivity contribution in [1.82, 2.24) is 30.3 Å². The van der Waals surface area contributed by atoms with Crippen LogP contribution < -0.4 is 4.74 Å². The second-order valence-corrected chi connectivity index (χ2v) is 6.48. The lowest BCUT2D eigenvalue weighted by Crippen LogP contribution is -2.02. The topological polar surface area (TPSA) is 91.8 Å². The van der Waals surface area contributed by atoms with Crippen LogP contribution in [0, 0.1) is 5.92 Å². The van der Waals surface area contributed by atoms with Crippen molar-refractivity contribution in [1.29, 1.82) is 0 Å². The first-order chi connectivity index (χ1) is 11.7. The zero-order valence-electron chi connectivity index (χ0n) is 13.7. The third-order valence-electron chi connectivity index (χ3n) is 3.18. The normalized spacial score (nSPS) is 11.2. The third kappa shape index (κ3) is 3.73. The van der Waals surface area contributed by atoms with Crippen molar-refractivity contribution in [3.63, 3.8) is 0 Å². The predicted molar refractivity (Wildman–Crippen MR) is 88.1 cm³/mol. The molecule has 0 amide bonds. The molecule has 0 aliphatic carbocycles. The van der Waals surface area contributed by atoms with Crippen molar-refractivity contribution in [2.75, 3.05) is 7.11 Å². The van der Waals surface area contributed by atoms with Gasteiger partial charge in [-0.15, -0.1) is 5.10 Å². The summed E-state index contributed by atoms with van der Waals surface area (Å²) in [5.41, 5.74) is 0.776. The first kappa shape index (κ1) is 16.4. The minimum Gasteiger partial charge on any atom is -0.494 e. The highest BCUT2D eigenvalue weighted by molar-refractivity contribution is 7.98. The van der Waals surface area contributed by atoms with Crippen LogP contribution in [0.1, 0.15) is 25.6 Å². The van der Waals surface area contributed by atoms with Gasteiger partial charge in [0.25, 0.3) is 0 Å². The largest absolute Gasteiger partial charge is 0.494 e. The number of methoxy groups -OCH3 is 1. The Balaban J connectivity index is 1.73. The van der Waals surface area contributed by atoms with E-state index in [1.54, 1.807) is 11.8 Å². The van der Waals surface area contributed by atoms with E-state index in [0.717, 1.165) is 17.9 Å². The molecule has 9 heteroatoms. The molecule has 0 saturated heterocycles. The summed E-state index contributed by atoms with van der Waals surface area (Å²) in [7, 11) is 1.62. The third-order valence-corrected chi connectivity index (χ3v) is 4.08. The highest BCUT2D eigenvalue weighted by Crippen LogP contribution is 2.27. The molecule has 3 rings (SSSR count). The number of benzene rings is 1.